The second-order valence-corrected chi connectivity index (χ2v) is 3.11. The van der Waals surface area contributed by atoms with Crippen molar-refractivity contribution in [2.24, 2.45) is 4.99 Å². The predicted molar refractivity (Wildman–Crippen MR) is 52.4 cm³/mol. The number of hydrogen-bond donors (Lipinski definition) is 0. The van der Waals surface area contributed by atoms with Gasteiger partial charge < -0.3 is 0 Å². The first-order valence-electron chi connectivity index (χ1n) is 4.26. The molecular weight excluding hydrogens is 178 g/mol. The van der Waals surface area contributed by atoms with Crippen molar-refractivity contribution in [2.45, 2.75) is 13.8 Å². The summed E-state index contributed by atoms with van der Waals surface area (Å²) in [7, 11) is 0. The number of nitrogens with zero attached hydrogens (tertiary/aromatic N) is 3. The SMILES string of the molecule is Cc1nc2c(C)cccn2c1N=C=O. The summed E-state index contributed by atoms with van der Waals surface area (Å²) in [6.07, 6.45) is 3.37. The fourth-order valence-electron chi connectivity index (χ4n) is 1.48. The Kier molecular flexibility index (Phi) is 1.91. The van der Waals surface area contributed by atoms with Gasteiger partial charge >= 0.3 is 0 Å². The Hall–Kier alpha value is -1.93. The second kappa shape index (κ2) is 3.09. The van der Waals surface area contributed by atoms with Gasteiger partial charge in [0, 0.05) is 6.20 Å². The Morgan fingerprint density at radius 3 is 3.00 bits per heavy atom. The van der Waals surface area contributed by atoms with E-state index in [1.54, 1.807) is 4.40 Å². The van der Waals surface area contributed by atoms with E-state index in [-0.39, 0.29) is 0 Å². The van der Waals surface area contributed by atoms with Gasteiger partial charge in [0.1, 0.15) is 5.65 Å². The number of aliphatic imine (C=N–C) groups is 1. The Balaban J connectivity index is 2.90. The number of fused-ring (bicyclic) bond motifs is 1. The van der Waals surface area contributed by atoms with Gasteiger partial charge in [-0.2, -0.15) is 0 Å². The Morgan fingerprint density at radius 2 is 2.29 bits per heavy atom. The summed E-state index contributed by atoms with van der Waals surface area (Å²) in [4.78, 5) is 18.2. The van der Waals surface area contributed by atoms with E-state index < -0.39 is 0 Å². The summed E-state index contributed by atoms with van der Waals surface area (Å²) in [6, 6.07) is 3.86. The summed E-state index contributed by atoms with van der Waals surface area (Å²) in [6.45, 7) is 3.79. The van der Waals surface area contributed by atoms with Gasteiger partial charge in [-0.15, -0.1) is 4.99 Å². The number of isocyanates is 1. The molecule has 4 heteroatoms. The van der Waals surface area contributed by atoms with Crippen LogP contribution >= 0.6 is 0 Å². The van der Waals surface area contributed by atoms with Crippen molar-refractivity contribution in [1.29, 1.82) is 0 Å². The quantitative estimate of drug-likeness (QED) is 0.505. The average molecular weight is 187 g/mol. The smallest absolute Gasteiger partial charge is 0.242 e. The lowest BCUT2D eigenvalue weighted by Crippen LogP contribution is -1.85. The second-order valence-electron chi connectivity index (χ2n) is 3.11. The zero-order chi connectivity index (χ0) is 10.1. The van der Waals surface area contributed by atoms with Crippen LogP contribution in [0, 0.1) is 13.8 Å². The van der Waals surface area contributed by atoms with Gasteiger partial charge in [-0.05, 0) is 25.5 Å². The molecule has 0 bridgehead atoms. The van der Waals surface area contributed by atoms with E-state index in [0.29, 0.717) is 5.82 Å². The Labute approximate surface area is 80.9 Å². The summed E-state index contributed by atoms with van der Waals surface area (Å²) >= 11 is 0. The van der Waals surface area contributed by atoms with Crippen molar-refractivity contribution in [3.05, 3.63) is 29.6 Å². The molecule has 0 spiro atoms. The molecule has 0 saturated heterocycles. The van der Waals surface area contributed by atoms with Gasteiger partial charge in [0.05, 0.1) is 5.69 Å². The van der Waals surface area contributed by atoms with E-state index in [4.69, 9.17) is 0 Å². The molecule has 0 fully saturated rings. The maximum Gasteiger partial charge on any atom is 0.242 e. The van der Waals surface area contributed by atoms with Crippen molar-refractivity contribution >= 4 is 17.5 Å². The normalized spacial score (nSPS) is 10.1. The standard InChI is InChI=1S/C10H9N3O/c1-7-4-3-5-13-9(7)12-8(2)10(13)11-6-14/h3-5H,1-2H3. The zero-order valence-electron chi connectivity index (χ0n) is 7.98. The minimum absolute atomic E-state index is 0.554. The molecule has 2 aromatic rings. The number of rotatable bonds is 1. The van der Waals surface area contributed by atoms with Crippen molar-refractivity contribution in [1.82, 2.24) is 9.38 Å². The predicted octanol–water partition coefficient (Wildman–Crippen LogP) is 1.92. The van der Waals surface area contributed by atoms with E-state index in [9.17, 15) is 4.79 Å². The van der Waals surface area contributed by atoms with Crippen LogP contribution in [-0.4, -0.2) is 15.5 Å². The molecule has 0 aliphatic carbocycles. The number of carbonyl (C=O) groups excluding carboxylic acids is 1. The lowest BCUT2D eigenvalue weighted by atomic mass is 10.3. The van der Waals surface area contributed by atoms with Crippen LogP contribution < -0.4 is 0 Å². The highest BCUT2D eigenvalue weighted by atomic mass is 16.1. The highest BCUT2D eigenvalue weighted by Gasteiger charge is 2.08. The van der Waals surface area contributed by atoms with E-state index >= 15 is 0 Å². The molecule has 4 nitrogen and oxygen atoms in total. The van der Waals surface area contributed by atoms with Gasteiger partial charge in [0.15, 0.2) is 5.82 Å². The zero-order valence-corrected chi connectivity index (χ0v) is 7.98. The molecule has 0 saturated carbocycles. The highest BCUT2D eigenvalue weighted by Crippen LogP contribution is 2.21. The monoisotopic (exact) mass is 187 g/mol. The maximum atomic E-state index is 10.2. The van der Waals surface area contributed by atoms with Gasteiger partial charge in [0.2, 0.25) is 6.08 Å². The van der Waals surface area contributed by atoms with Gasteiger partial charge in [0.25, 0.3) is 0 Å². The van der Waals surface area contributed by atoms with Crippen LogP contribution in [0.4, 0.5) is 5.82 Å². The topological polar surface area (TPSA) is 46.7 Å². The Morgan fingerprint density at radius 1 is 1.50 bits per heavy atom. The molecule has 0 aliphatic rings. The first kappa shape index (κ1) is 8.66. The molecule has 2 heterocycles. The number of aromatic nitrogens is 2. The third-order valence-electron chi connectivity index (χ3n) is 2.14. The molecule has 0 atom stereocenters. The first-order chi connectivity index (χ1) is 6.74. The maximum absolute atomic E-state index is 10.2. The molecule has 0 aromatic carbocycles. The number of hydrogen-bond acceptors (Lipinski definition) is 3. The molecule has 2 aromatic heterocycles. The Bertz CT molecular complexity index is 536. The van der Waals surface area contributed by atoms with Crippen LogP contribution in [0.15, 0.2) is 23.3 Å². The van der Waals surface area contributed by atoms with Crippen LogP contribution in [0.1, 0.15) is 11.3 Å². The molecule has 14 heavy (non-hydrogen) atoms. The summed E-state index contributed by atoms with van der Waals surface area (Å²) in [5, 5.41) is 0. The van der Waals surface area contributed by atoms with Gasteiger partial charge in [-0.25, -0.2) is 9.78 Å². The lowest BCUT2D eigenvalue weighted by molar-refractivity contribution is 0.565. The number of aryl methyl sites for hydroxylation is 2. The van der Waals surface area contributed by atoms with Crippen LogP contribution in [0.5, 0.6) is 0 Å². The minimum atomic E-state index is 0.554. The van der Waals surface area contributed by atoms with Crippen LogP contribution in [-0.2, 0) is 4.79 Å². The van der Waals surface area contributed by atoms with E-state index in [1.807, 2.05) is 32.2 Å². The molecule has 0 N–H and O–H groups in total. The van der Waals surface area contributed by atoms with E-state index in [1.165, 1.54) is 6.08 Å². The first-order valence-corrected chi connectivity index (χ1v) is 4.26. The largest absolute Gasteiger partial charge is 0.283 e. The molecule has 0 radical (unpaired) electrons. The van der Waals surface area contributed by atoms with E-state index in [0.717, 1.165) is 16.9 Å². The highest BCUT2D eigenvalue weighted by molar-refractivity contribution is 5.59. The minimum Gasteiger partial charge on any atom is -0.283 e. The van der Waals surface area contributed by atoms with Crippen molar-refractivity contribution < 1.29 is 4.79 Å². The van der Waals surface area contributed by atoms with Crippen LogP contribution in [0.2, 0.25) is 0 Å². The van der Waals surface area contributed by atoms with Crippen molar-refractivity contribution in [2.75, 3.05) is 0 Å². The van der Waals surface area contributed by atoms with Crippen LogP contribution in [0.3, 0.4) is 0 Å². The van der Waals surface area contributed by atoms with E-state index in [2.05, 4.69) is 9.98 Å². The van der Waals surface area contributed by atoms with Crippen LogP contribution in [0.25, 0.3) is 5.65 Å². The average Bonchev–Trinajstić information content (AvgIpc) is 2.47. The fourth-order valence-corrected chi connectivity index (χ4v) is 1.48. The third-order valence-corrected chi connectivity index (χ3v) is 2.14. The fraction of sp³-hybridized carbons (Fsp3) is 0.200. The third kappa shape index (κ3) is 1.13. The number of imidazole rings is 1. The molecule has 0 amide bonds. The number of pyridine rings is 1. The summed E-state index contributed by atoms with van der Waals surface area (Å²) < 4.78 is 1.79. The molecule has 0 aliphatic heterocycles. The molecule has 2 rings (SSSR count). The molecule has 70 valence electrons. The van der Waals surface area contributed by atoms with Crippen molar-refractivity contribution in [3.63, 3.8) is 0 Å². The lowest BCUT2D eigenvalue weighted by Gasteiger charge is -1.96. The summed E-state index contributed by atoms with van der Waals surface area (Å²) in [5.41, 5.74) is 2.63. The van der Waals surface area contributed by atoms with Gasteiger partial charge in [-0.3, -0.25) is 4.40 Å². The van der Waals surface area contributed by atoms with Gasteiger partial charge in [-0.1, -0.05) is 6.07 Å². The van der Waals surface area contributed by atoms with Crippen molar-refractivity contribution in [3.8, 4) is 0 Å². The summed E-state index contributed by atoms with van der Waals surface area (Å²) in [5.74, 6) is 0.554. The molecular formula is C10H9N3O. The molecule has 0 unspecified atom stereocenters.